The molecule has 2 aromatic rings. The maximum Gasteiger partial charge on any atom is 0.340 e. The second-order valence-electron chi connectivity index (χ2n) is 5.24. The second-order valence-corrected chi connectivity index (χ2v) is 5.24. The number of nitrogens with two attached hydrogens (primary N) is 1. The molecule has 108 valence electrons. The summed E-state index contributed by atoms with van der Waals surface area (Å²) in [5.74, 6) is 0.462. The molecule has 2 aromatic carbocycles. The fraction of sp³-hybridized carbons (Fsp3) is 0.235. The number of para-hydroxylation sites is 1. The van der Waals surface area contributed by atoms with Gasteiger partial charge < -0.3 is 15.2 Å². The van der Waals surface area contributed by atoms with E-state index in [1.165, 1.54) is 0 Å². The topological polar surface area (TPSA) is 61.6 Å². The Morgan fingerprint density at radius 3 is 2.95 bits per heavy atom. The summed E-state index contributed by atoms with van der Waals surface area (Å²) in [7, 11) is 0. The molecule has 1 aliphatic rings. The summed E-state index contributed by atoms with van der Waals surface area (Å²) in [6.45, 7) is 2.13. The lowest BCUT2D eigenvalue weighted by atomic mass is 10.1. The molecular formula is C17H17NO3. The van der Waals surface area contributed by atoms with Crippen LogP contribution < -0.4 is 10.5 Å². The number of nitrogen functional groups attached to an aromatic ring is 1. The number of anilines is 1. The highest BCUT2D eigenvalue weighted by atomic mass is 16.6. The fourth-order valence-corrected chi connectivity index (χ4v) is 2.44. The molecule has 0 radical (unpaired) electrons. The molecule has 0 saturated carbocycles. The highest BCUT2D eigenvalue weighted by Gasteiger charge is 2.24. The fourth-order valence-electron chi connectivity index (χ4n) is 2.44. The van der Waals surface area contributed by atoms with Gasteiger partial charge in [0.25, 0.3) is 0 Å². The molecule has 0 bridgehead atoms. The van der Waals surface area contributed by atoms with Gasteiger partial charge in [-0.05, 0) is 30.7 Å². The Labute approximate surface area is 123 Å². The molecule has 2 N–H and O–H groups in total. The molecule has 1 heterocycles. The molecule has 0 amide bonds. The van der Waals surface area contributed by atoms with E-state index >= 15 is 0 Å². The van der Waals surface area contributed by atoms with E-state index in [0.717, 1.165) is 23.3 Å². The largest absolute Gasteiger partial charge is 0.486 e. The van der Waals surface area contributed by atoms with Gasteiger partial charge in [0.2, 0.25) is 0 Å². The summed E-state index contributed by atoms with van der Waals surface area (Å²) in [5, 5.41) is 0. The summed E-state index contributed by atoms with van der Waals surface area (Å²) in [6.07, 6.45) is 0.629. The van der Waals surface area contributed by atoms with Crippen molar-refractivity contribution in [2.75, 3.05) is 12.3 Å². The van der Waals surface area contributed by atoms with Gasteiger partial charge in [-0.2, -0.15) is 0 Å². The summed E-state index contributed by atoms with van der Waals surface area (Å²) in [5.41, 5.74) is 8.77. The Bertz CT molecular complexity index is 656. The molecule has 0 saturated heterocycles. The van der Waals surface area contributed by atoms with Crippen molar-refractivity contribution in [3.63, 3.8) is 0 Å². The Morgan fingerprint density at radius 2 is 2.14 bits per heavy atom. The SMILES string of the molecule is Cc1ccc(N)c(C(=O)OCC2Cc3ccccc3O2)c1. The number of ether oxygens (including phenoxy) is 2. The van der Waals surface area contributed by atoms with E-state index in [9.17, 15) is 4.79 Å². The molecule has 3 rings (SSSR count). The summed E-state index contributed by atoms with van der Waals surface area (Å²) in [4.78, 5) is 12.1. The number of fused-ring (bicyclic) bond motifs is 1. The second kappa shape index (κ2) is 5.48. The molecule has 0 spiro atoms. The van der Waals surface area contributed by atoms with Crippen molar-refractivity contribution in [1.29, 1.82) is 0 Å². The highest BCUT2D eigenvalue weighted by Crippen LogP contribution is 2.28. The van der Waals surface area contributed by atoms with E-state index in [0.29, 0.717) is 11.3 Å². The third-order valence-electron chi connectivity index (χ3n) is 3.54. The van der Waals surface area contributed by atoms with Crippen LogP contribution in [0, 0.1) is 6.92 Å². The van der Waals surface area contributed by atoms with Gasteiger partial charge in [0.05, 0.1) is 5.56 Å². The van der Waals surface area contributed by atoms with Crippen LogP contribution in [-0.4, -0.2) is 18.7 Å². The Kier molecular flexibility index (Phi) is 3.52. The zero-order chi connectivity index (χ0) is 14.8. The Hall–Kier alpha value is -2.49. The van der Waals surface area contributed by atoms with Gasteiger partial charge in [0, 0.05) is 12.1 Å². The predicted octanol–water partition coefficient (Wildman–Crippen LogP) is 2.74. The number of rotatable bonds is 3. The van der Waals surface area contributed by atoms with E-state index in [1.807, 2.05) is 37.3 Å². The first-order valence-electron chi connectivity index (χ1n) is 6.91. The van der Waals surface area contributed by atoms with Gasteiger partial charge in [0.15, 0.2) is 0 Å². The normalized spacial score (nSPS) is 16.1. The molecule has 0 aromatic heterocycles. The van der Waals surface area contributed by atoms with Crippen LogP contribution in [0.3, 0.4) is 0 Å². The number of carbonyl (C=O) groups is 1. The van der Waals surface area contributed by atoms with Crippen LogP contribution in [0.1, 0.15) is 21.5 Å². The number of carbonyl (C=O) groups excluding carboxylic acids is 1. The van der Waals surface area contributed by atoms with Gasteiger partial charge >= 0.3 is 5.97 Å². The third kappa shape index (κ3) is 2.84. The number of hydrogen-bond donors (Lipinski definition) is 1. The molecule has 1 unspecified atom stereocenters. The van der Waals surface area contributed by atoms with Crippen molar-refractivity contribution >= 4 is 11.7 Å². The minimum absolute atomic E-state index is 0.127. The van der Waals surface area contributed by atoms with Crippen LogP contribution in [0.4, 0.5) is 5.69 Å². The lowest BCUT2D eigenvalue weighted by Crippen LogP contribution is -2.23. The summed E-state index contributed by atoms with van der Waals surface area (Å²) in [6, 6.07) is 13.2. The van der Waals surface area contributed by atoms with Crippen molar-refractivity contribution in [2.45, 2.75) is 19.4 Å². The first kappa shape index (κ1) is 13.5. The lowest BCUT2D eigenvalue weighted by Gasteiger charge is -2.12. The van der Waals surface area contributed by atoms with Crippen molar-refractivity contribution in [1.82, 2.24) is 0 Å². The highest BCUT2D eigenvalue weighted by molar-refractivity contribution is 5.95. The van der Waals surface area contributed by atoms with E-state index in [1.54, 1.807) is 12.1 Å². The molecule has 1 atom stereocenters. The van der Waals surface area contributed by atoms with E-state index in [4.69, 9.17) is 15.2 Å². The number of esters is 1. The smallest absolute Gasteiger partial charge is 0.340 e. The Morgan fingerprint density at radius 1 is 1.33 bits per heavy atom. The van der Waals surface area contributed by atoms with Crippen LogP contribution in [0.25, 0.3) is 0 Å². The van der Waals surface area contributed by atoms with Gasteiger partial charge in [-0.15, -0.1) is 0 Å². The minimum Gasteiger partial charge on any atom is -0.486 e. The maximum absolute atomic E-state index is 12.1. The van der Waals surface area contributed by atoms with Crippen LogP contribution in [0.15, 0.2) is 42.5 Å². The monoisotopic (exact) mass is 283 g/mol. The minimum atomic E-state index is -0.407. The van der Waals surface area contributed by atoms with Crippen molar-refractivity contribution < 1.29 is 14.3 Å². The predicted molar refractivity (Wildman–Crippen MR) is 80.4 cm³/mol. The van der Waals surface area contributed by atoms with Gasteiger partial charge in [-0.25, -0.2) is 4.79 Å². The zero-order valence-electron chi connectivity index (χ0n) is 11.8. The first-order valence-corrected chi connectivity index (χ1v) is 6.91. The van der Waals surface area contributed by atoms with E-state index in [-0.39, 0.29) is 12.7 Å². The molecular weight excluding hydrogens is 266 g/mol. The van der Waals surface area contributed by atoms with E-state index in [2.05, 4.69) is 0 Å². The van der Waals surface area contributed by atoms with Gasteiger partial charge in [-0.3, -0.25) is 0 Å². The number of benzene rings is 2. The van der Waals surface area contributed by atoms with Gasteiger partial charge in [-0.1, -0.05) is 29.8 Å². The van der Waals surface area contributed by atoms with Crippen molar-refractivity contribution in [2.24, 2.45) is 0 Å². The third-order valence-corrected chi connectivity index (χ3v) is 3.54. The molecule has 0 fully saturated rings. The van der Waals surface area contributed by atoms with E-state index < -0.39 is 5.97 Å². The molecule has 4 heteroatoms. The average Bonchev–Trinajstić information content (AvgIpc) is 2.90. The van der Waals surface area contributed by atoms with Crippen LogP contribution in [0.5, 0.6) is 5.75 Å². The first-order chi connectivity index (χ1) is 10.1. The van der Waals surface area contributed by atoms with Crippen LogP contribution >= 0.6 is 0 Å². The molecule has 4 nitrogen and oxygen atoms in total. The summed E-state index contributed by atoms with van der Waals surface area (Å²) >= 11 is 0. The van der Waals surface area contributed by atoms with Crippen LogP contribution in [-0.2, 0) is 11.2 Å². The van der Waals surface area contributed by atoms with Crippen molar-refractivity contribution in [3.05, 3.63) is 59.2 Å². The van der Waals surface area contributed by atoms with Crippen molar-refractivity contribution in [3.8, 4) is 5.75 Å². The molecule has 1 aliphatic heterocycles. The van der Waals surface area contributed by atoms with Crippen LogP contribution in [0.2, 0.25) is 0 Å². The number of hydrogen-bond acceptors (Lipinski definition) is 4. The van der Waals surface area contributed by atoms with Gasteiger partial charge in [0.1, 0.15) is 18.5 Å². The Balaban J connectivity index is 1.61. The average molecular weight is 283 g/mol. The number of aryl methyl sites for hydroxylation is 1. The quantitative estimate of drug-likeness (QED) is 0.695. The maximum atomic E-state index is 12.1. The molecule has 21 heavy (non-hydrogen) atoms. The lowest BCUT2D eigenvalue weighted by molar-refractivity contribution is 0.0348. The standard InChI is InChI=1S/C17H17NO3/c1-11-6-7-15(18)14(8-11)17(19)20-10-13-9-12-4-2-3-5-16(12)21-13/h2-8,13H,9-10,18H2,1H3. The molecule has 0 aliphatic carbocycles. The summed E-state index contributed by atoms with van der Waals surface area (Å²) < 4.78 is 11.1. The zero-order valence-corrected chi connectivity index (χ0v) is 11.8.